The molecule has 3 aliphatic rings. The van der Waals surface area contributed by atoms with E-state index in [0.717, 1.165) is 13.0 Å². The van der Waals surface area contributed by atoms with Crippen molar-refractivity contribution in [3.05, 3.63) is 0 Å². The number of rotatable bonds is 13. The normalized spacial score (nSPS) is 42.5. The summed E-state index contributed by atoms with van der Waals surface area (Å²) in [7, 11) is 0. The third kappa shape index (κ3) is 8.51. The molecule has 14 unspecified atom stereocenters. The Bertz CT molecular complexity index is 803. The van der Waals surface area contributed by atoms with Crippen molar-refractivity contribution < 1.29 is 44.5 Å². The Labute approximate surface area is 240 Å². The fourth-order valence-electron chi connectivity index (χ4n) is 5.95. The van der Waals surface area contributed by atoms with Crippen LogP contribution in [0.1, 0.15) is 32.1 Å². The van der Waals surface area contributed by atoms with Gasteiger partial charge in [-0.2, -0.15) is 0 Å². The number of carbonyl (C=O) groups excluding carboxylic acids is 1. The molecule has 17 N–H and O–H groups in total. The Balaban J connectivity index is 1.83. The first kappa shape index (κ1) is 34.4. The second-order valence-corrected chi connectivity index (χ2v) is 11.4. The van der Waals surface area contributed by atoms with Gasteiger partial charge >= 0.3 is 0 Å². The molecule has 0 radical (unpaired) electrons. The SMILES string of the molecule is NCCCNCC1CCC(N)C(C2C(N)CC(NC(=O)C(O)CCN)C(OC3OC(CO)C(O)C(N)C3O)C2O)O1. The van der Waals surface area contributed by atoms with E-state index in [1.807, 2.05) is 0 Å². The zero-order valence-electron chi connectivity index (χ0n) is 23.4. The van der Waals surface area contributed by atoms with Gasteiger partial charge in [-0.15, -0.1) is 0 Å². The maximum atomic E-state index is 12.7. The molecule has 3 fully saturated rings. The maximum absolute atomic E-state index is 12.7. The van der Waals surface area contributed by atoms with Gasteiger partial charge in [0.25, 0.3) is 0 Å². The Morgan fingerprint density at radius 1 is 1.00 bits per heavy atom. The fraction of sp³-hybridized carbons (Fsp3) is 0.960. The summed E-state index contributed by atoms with van der Waals surface area (Å²) in [6, 6.07) is -3.26. The van der Waals surface area contributed by atoms with E-state index in [4.69, 9.17) is 42.9 Å². The highest BCUT2D eigenvalue weighted by Gasteiger charge is 2.53. The summed E-state index contributed by atoms with van der Waals surface area (Å²) in [5, 5.41) is 58.4. The van der Waals surface area contributed by atoms with Gasteiger partial charge in [0.1, 0.15) is 30.5 Å². The van der Waals surface area contributed by atoms with Gasteiger partial charge in [-0.05, 0) is 51.7 Å². The predicted octanol–water partition coefficient (Wildman–Crippen LogP) is -6.15. The highest BCUT2D eigenvalue weighted by atomic mass is 16.7. The van der Waals surface area contributed by atoms with E-state index in [1.54, 1.807) is 0 Å². The van der Waals surface area contributed by atoms with Gasteiger partial charge < -0.3 is 79.0 Å². The third-order valence-corrected chi connectivity index (χ3v) is 8.35. The fourth-order valence-corrected chi connectivity index (χ4v) is 5.95. The Hall–Kier alpha value is -1.09. The minimum atomic E-state index is -1.52. The maximum Gasteiger partial charge on any atom is 0.249 e. The summed E-state index contributed by atoms with van der Waals surface area (Å²) < 4.78 is 18.0. The quantitative estimate of drug-likeness (QED) is 0.0884. The second kappa shape index (κ2) is 16.1. The average molecular weight is 594 g/mol. The van der Waals surface area contributed by atoms with Gasteiger partial charge in [-0.3, -0.25) is 4.79 Å². The second-order valence-electron chi connectivity index (χ2n) is 11.4. The molecule has 240 valence electrons. The number of hydrogen-bond acceptors (Lipinski definition) is 15. The molecule has 2 aliphatic heterocycles. The van der Waals surface area contributed by atoms with Crippen LogP contribution in [-0.2, 0) is 19.0 Å². The molecule has 3 rings (SSSR count). The smallest absolute Gasteiger partial charge is 0.249 e. The summed E-state index contributed by atoms with van der Waals surface area (Å²) in [6.07, 6.45) is -7.99. The summed E-state index contributed by atoms with van der Waals surface area (Å²) in [4.78, 5) is 12.7. The van der Waals surface area contributed by atoms with Crippen molar-refractivity contribution in [3.63, 3.8) is 0 Å². The number of hydrogen-bond donors (Lipinski definition) is 12. The number of nitrogens with one attached hydrogen (secondary N) is 2. The minimum absolute atomic E-state index is 0.0160. The number of ether oxygens (including phenoxy) is 3. The average Bonchev–Trinajstić information content (AvgIpc) is 2.94. The molecule has 14 atom stereocenters. The van der Waals surface area contributed by atoms with Crippen LogP contribution < -0.4 is 39.3 Å². The first-order valence-electron chi connectivity index (χ1n) is 14.5. The molecule has 0 aromatic carbocycles. The lowest BCUT2D eigenvalue weighted by atomic mass is 9.72. The molecule has 1 aliphatic carbocycles. The molecule has 1 saturated carbocycles. The van der Waals surface area contributed by atoms with Crippen LogP contribution in [0.2, 0.25) is 0 Å². The van der Waals surface area contributed by atoms with E-state index < -0.39 is 91.6 Å². The molecule has 41 heavy (non-hydrogen) atoms. The molecule has 0 aromatic rings. The van der Waals surface area contributed by atoms with Crippen LogP contribution in [0.3, 0.4) is 0 Å². The van der Waals surface area contributed by atoms with Crippen molar-refractivity contribution in [2.45, 2.75) is 111 Å². The first-order chi connectivity index (χ1) is 19.5. The molecule has 1 amide bonds. The van der Waals surface area contributed by atoms with Crippen molar-refractivity contribution in [2.75, 3.05) is 32.8 Å². The van der Waals surface area contributed by atoms with Crippen molar-refractivity contribution in [1.82, 2.24) is 10.6 Å². The van der Waals surface area contributed by atoms with Gasteiger partial charge in [-0.1, -0.05) is 0 Å². The van der Waals surface area contributed by atoms with Gasteiger partial charge in [-0.25, -0.2) is 0 Å². The number of carbonyl (C=O) groups is 1. The Morgan fingerprint density at radius 3 is 2.39 bits per heavy atom. The van der Waals surface area contributed by atoms with E-state index in [1.165, 1.54) is 0 Å². The lowest BCUT2D eigenvalue weighted by molar-refractivity contribution is -0.306. The van der Waals surface area contributed by atoms with Crippen molar-refractivity contribution >= 4 is 5.91 Å². The topological polar surface area (TPSA) is 300 Å². The van der Waals surface area contributed by atoms with Crippen LogP contribution in [-0.4, -0.2) is 144 Å². The van der Waals surface area contributed by atoms with Crippen molar-refractivity contribution in [1.29, 1.82) is 0 Å². The molecule has 2 saturated heterocycles. The van der Waals surface area contributed by atoms with Crippen LogP contribution in [0.4, 0.5) is 0 Å². The van der Waals surface area contributed by atoms with Crippen LogP contribution in [0, 0.1) is 5.92 Å². The highest BCUT2D eigenvalue weighted by Crippen LogP contribution is 2.36. The van der Waals surface area contributed by atoms with Crippen LogP contribution in [0.25, 0.3) is 0 Å². The summed E-state index contributed by atoms with van der Waals surface area (Å²) >= 11 is 0. The molecule has 0 bridgehead atoms. The van der Waals surface area contributed by atoms with Crippen LogP contribution in [0.15, 0.2) is 0 Å². The van der Waals surface area contributed by atoms with E-state index in [2.05, 4.69) is 10.6 Å². The van der Waals surface area contributed by atoms with E-state index >= 15 is 0 Å². The van der Waals surface area contributed by atoms with Crippen LogP contribution in [0.5, 0.6) is 0 Å². The zero-order valence-corrected chi connectivity index (χ0v) is 23.4. The molecule has 16 nitrogen and oxygen atoms in total. The predicted molar refractivity (Wildman–Crippen MR) is 147 cm³/mol. The van der Waals surface area contributed by atoms with Gasteiger partial charge in [0.2, 0.25) is 5.91 Å². The summed E-state index contributed by atoms with van der Waals surface area (Å²) in [5.41, 5.74) is 30.0. The van der Waals surface area contributed by atoms with Crippen molar-refractivity contribution in [2.24, 2.45) is 34.6 Å². The first-order valence-corrected chi connectivity index (χ1v) is 14.5. The molecule has 2 heterocycles. The molecular formula is C25H51N7O9. The van der Waals surface area contributed by atoms with Crippen molar-refractivity contribution in [3.8, 4) is 0 Å². The zero-order chi connectivity index (χ0) is 30.3. The monoisotopic (exact) mass is 593 g/mol. The minimum Gasteiger partial charge on any atom is -0.394 e. The standard InChI is InChI=1S/C25H51N7O9/c26-5-1-7-31-9-11-2-3-12(28)22(39-11)17-13(29)8-14(32-24(38)15(34)4-6-27)23(20(17)36)41-25-21(37)18(30)19(35)16(10-33)40-25/h11-23,25,31,33-37H,1-10,26-30H2,(H,32,38). The Morgan fingerprint density at radius 2 is 1.73 bits per heavy atom. The number of amides is 1. The van der Waals surface area contributed by atoms with Crippen LogP contribution >= 0.6 is 0 Å². The third-order valence-electron chi connectivity index (χ3n) is 8.35. The number of aliphatic hydroxyl groups is 5. The number of nitrogens with two attached hydrogens (primary N) is 5. The molecule has 0 aromatic heterocycles. The van der Waals surface area contributed by atoms with E-state index in [0.29, 0.717) is 25.9 Å². The lowest BCUT2D eigenvalue weighted by Gasteiger charge is -2.51. The highest BCUT2D eigenvalue weighted by molar-refractivity contribution is 5.80. The van der Waals surface area contributed by atoms with Gasteiger partial charge in [0.15, 0.2) is 6.29 Å². The van der Waals surface area contributed by atoms with Gasteiger partial charge in [0, 0.05) is 24.5 Å². The molecular weight excluding hydrogens is 542 g/mol. The van der Waals surface area contributed by atoms with Gasteiger partial charge in [0.05, 0.1) is 37.0 Å². The van der Waals surface area contributed by atoms with E-state index in [-0.39, 0.29) is 25.5 Å². The Kier molecular flexibility index (Phi) is 13.5. The molecule has 0 spiro atoms. The summed E-state index contributed by atoms with van der Waals surface area (Å²) in [5.74, 6) is -1.45. The molecule has 16 heteroatoms. The largest absolute Gasteiger partial charge is 0.394 e. The summed E-state index contributed by atoms with van der Waals surface area (Å²) in [6.45, 7) is 1.36. The number of aliphatic hydroxyl groups excluding tert-OH is 5. The van der Waals surface area contributed by atoms with E-state index in [9.17, 15) is 30.3 Å². The lowest BCUT2D eigenvalue weighted by Crippen LogP contribution is -2.69.